The molecule has 0 unspecified atom stereocenters. The van der Waals surface area contributed by atoms with Crippen molar-refractivity contribution in [2.45, 2.75) is 19.4 Å². The van der Waals surface area contributed by atoms with Crippen molar-refractivity contribution in [2.24, 2.45) is 0 Å². The molecule has 2 rings (SSSR count). The molecule has 2 aromatic rings. The number of benzene rings is 2. The summed E-state index contributed by atoms with van der Waals surface area (Å²) >= 11 is 0. The van der Waals surface area contributed by atoms with Crippen LogP contribution in [0, 0.1) is 20.2 Å². The fourth-order valence-electron chi connectivity index (χ4n) is 2.19. The number of nitro groups is 2. The predicted octanol–water partition coefficient (Wildman–Crippen LogP) is 3.29. The topological polar surface area (TPSA) is 113 Å². The number of nitro benzene ring substituents is 2. The molecule has 0 saturated heterocycles. The Kier molecular flexibility index (Phi) is 5.20. The molecule has 0 aliphatic heterocycles. The number of hydrogen-bond acceptors (Lipinski definition) is 6. The van der Waals surface area contributed by atoms with Crippen LogP contribution in [0.4, 0.5) is 11.4 Å². The van der Waals surface area contributed by atoms with Crippen molar-refractivity contribution >= 4 is 17.3 Å². The third-order valence-corrected chi connectivity index (χ3v) is 3.28. The van der Waals surface area contributed by atoms with Crippen LogP contribution in [0.5, 0.6) is 0 Å². The van der Waals surface area contributed by atoms with E-state index in [2.05, 4.69) is 0 Å². The van der Waals surface area contributed by atoms with Crippen molar-refractivity contribution in [3.8, 4) is 0 Å². The molecule has 124 valence electrons. The van der Waals surface area contributed by atoms with Gasteiger partial charge in [-0.2, -0.15) is 0 Å². The third-order valence-electron chi connectivity index (χ3n) is 3.28. The zero-order valence-corrected chi connectivity index (χ0v) is 12.7. The van der Waals surface area contributed by atoms with E-state index < -0.39 is 33.3 Å². The second-order valence-corrected chi connectivity index (χ2v) is 5.12. The largest absolute Gasteiger partial charge is 0.459 e. The maximum Gasteiger partial charge on any atom is 0.345 e. The smallest absolute Gasteiger partial charge is 0.345 e. The van der Waals surface area contributed by atoms with Crippen molar-refractivity contribution < 1.29 is 19.4 Å². The fourth-order valence-corrected chi connectivity index (χ4v) is 2.19. The minimum absolute atomic E-state index is 0.314. The van der Waals surface area contributed by atoms with Gasteiger partial charge in [-0.05, 0) is 18.6 Å². The standard InChI is InChI=1S/C16H14N2O6/c1-11(9-12-5-3-2-4-6-12)24-16(19)14-8-7-13(17(20)21)10-15(14)18(22)23/h2-8,10-11H,9H2,1H3/t11-/m0/s1. The summed E-state index contributed by atoms with van der Waals surface area (Å²) < 4.78 is 5.22. The van der Waals surface area contributed by atoms with Crippen LogP contribution >= 0.6 is 0 Å². The molecule has 0 N–H and O–H groups in total. The van der Waals surface area contributed by atoms with Gasteiger partial charge in [0.05, 0.1) is 15.9 Å². The first kappa shape index (κ1) is 17.1. The quantitative estimate of drug-likeness (QED) is 0.456. The Morgan fingerprint density at radius 1 is 1.08 bits per heavy atom. The molecule has 0 aliphatic carbocycles. The Morgan fingerprint density at radius 3 is 2.33 bits per heavy atom. The Balaban J connectivity index is 2.17. The van der Waals surface area contributed by atoms with Crippen molar-refractivity contribution in [3.63, 3.8) is 0 Å². The first-order chi connectivity index (χ1) is 11.4. The second kappa shape index (κ2) is 7.32. The molecule has 24 heavy (non-hydrogen) atoms. The van der Waals surface area contributed by atoms with Crippen LogP contribution in [0.1, 0.15) is 22.8 Å². The van der Waals surface area contributed by atoms with Gasteiger partial charge in [-0.1, -0.05) is 30.3 Å². The van der Waals surface area contributed by atoms with Crippen LogP contribution < -0.4 is 0 Å². The van der Waals surface area contributed by atoms with Gasteiger partial charge < -0.3 is 4.74 Å². The van der Waals surface area contributed by atoms with Gasteiger partial charge >= 0.3 is 5.97 Å². The number of rotatable bonds is 6. The zero-order valence-electron chi connectivity index (χ0n) is 12.7. The lowest BCUT2D eigenvalue weighted by atomic mass is 10.1. The van der Waals surface area contributed by atoms with E-state index in [1.54, 1.807) is 6.92 Å². The van der Waals surface area contributed by atoms with Crippen LogP contribution in [0.15, 0.2) is 48.5 Å². The number of esters is 1. The molecule has 0 aromatic heterocycles. The van der Waals surface area contributed by atoms with E-state index in [1.165, 1.54) is 0 Å². The summed E-state index contributed by atoms with van der Waals surface area (Å²) in [6.45, 7) is 1.67. The lowest BCUT2D eigenvalue weighted by molar-refractivity contribution is -0.394. The highest BCUT2D eigenvalue weighted by Gasteiger charge is 2.26. The summed E-state index contributed by atoms with van der Waals surface area (Å²) in [6.07, 6.45) is -0.0532. The minimum atomic E-state index is -0.889. The maximum atomic E-state index is 12.2. The van der Waals surface area contributed by atoms with Crippen molar-refractivity contribution in [1.82, 2.24) is 0 Å². The van der Waals surface area contributed by atoms with Crippen molar-refractivity contribution in [1.29, 1.82) is 0 Å². The van der Waals surface area contributed by atoms with Gasteiger partial charge in [0, 0.05) is 12.5 Å². The third kappa shape index (κ3) is 4.13. The minimum Gasteiger partial charge on any atom is -0.459 e. The Hall–Kier alpha value is -3.29. The van der Waals surface area contributed by atoms with E-state index in [1.807, 2.05) is 30.3 Å². The molecule has 1 atom stereocenters. The number of carbonyl (C=O) groups is 1. The monoisotopic (exact) mass is 330 g/mol. The summed E-state index contributed by atoms with van der Waals surface area (Å²) in [4.78, 5) is 32.3. The van der Waals surface area contributed by atoms with E-state index in [4.69, 9.17) is 4.74 Å². The number of non-ortho nitro benzene ring substituents is 1. The molecule has 0 radical (unpaired) electrons. The second-order valence-electron chi connectivity index (χ2n) is 5.12. The van der Waals surface area contributed by atoms with Crippen molar-refractivity contribution in [2.75, 3.05) is 0 Å². The number of ether oxygens (including phenoxy) is 1. The van der Waals surface area contributed by atoms with Crippen LogP contribution in [0.25, 0.3) is 0 Å². The highest BCUT2D eigenvalue weighted by Crippen LogP contribution is 2.25. The van der Waals surface area contributed by atoms with Crippen LogP contribution in [-0.2, 0) is 11.2 Å². The molecule has 0 spiro atoms. The number of hydrogen-bond donors (Lipinski definition) is 0. The van der Waals surface area contributed by atoms with E-state index in [-0.39, 0.29) is 5.56 Å². The van der Waals surface area contributed by atoms with Crippen LogP contribution in [0.3, 0.4) is 0 Å². The SMILES string of the molecule is C[C@@H](Cc1ccccc1)OC(=O)c1ccc([N+](=O)[O-])cc1[N+](=O)[O-]. The first-order valence-electron chi connectivity index (χ1n) is 7.06. The molecular formula is C16H14N2O6. The number of carbonyl (C=O) groups excluding carboxylic acids is 1. The van der Waals surface area contributed by atoms with Gasteiger partial charge in [0.2, 0.25) is 0 Å². The van der Waals surface area contributed by atoms with Gasteiger partial charge in [0.1, 0.15) is 11.7 Å². The fraction of sp³-hybridized carbons (Fsp3) is 0.188. The van der Waals surface area contributed by atoms with Gasteiger partial charge in [0.15, 0.2) is 0 Å². The first-order valence-corrected chi connectivity index (χ1v) is 7.06. The molecule has 8 nitrogen and oxygen atoms in total. The van der Waals surface area contributed by atoms with E-state index in [0.29, 0.717) is 6.42 Å². The molecule has 0 amide bonds. The van der Waals surface area contributed by atoms with Gasteiger partial charge in [0.25, 0.3) is 11.4 Å². The Morgan fingerprint density at radius 2 is 1.75 bits per heavy atom. The highest BCUT2D eigenvalue weighted by molar-refractivity contribution is 5.94. The highest BCUT2D eigenvalue weighted by atomic mass is 16.6. The molecule has 0 saturated carbocycles. The molecule has 8 heteroatoms. The maximum absolute atomic E-state index is 12.2. The van der Waals surface area contributed by atoms with Crippen molar-refractivity contribution in [3.05, 3.63) is 79.9 Å². The summed E-state index contributed by atoms with van der Waals surface area (Å²) in [5.41, 5.74) is -0.474. The zero-order chi connectivity index (χ0) is 17.7. The van der Waals surface area contributed by atoms with E-state index in [9.17, 15) is 25.0 Å². The summed E-state index contributed by atoms with van der Waals surface area (Å²) in [5, 5.41) is 21.8. The molecular weight excluding hydrogens is 316 g/mol. The Bertz CT molecular complexity index is 775. The average molecular weight is 330 g/mol. The molecule has 0 fully saturated rings. The van der Waals surface area contributed by atoms with E-state index >= 15 is 0 Å². The van der Waals surface area contributed by atoms with Crippen LogP contribution in [-0.4, -0.2) is 21.9 Å². The predicted molar refractivity (Wildman–Crippen MR) is 84.8 cm³/mol. The molecule has 0 heterocycles. The molecule has 0 aliphatic rings. The summed E-state index contributed by atoms with van der Waals surface area (Å²) in [6, 6.07) is 12.1. The number of nitrogens with zero attached hydrogens (tertiary/aromatic N) is 2. The average Bonchev–Trinajstić information content (AvgIpc) is 2.54. The summed E-state index contributed by atoms with van der Waals surface area (Å²) in [5.74, 6) is -0.889. The van der Waals surface area contributed by atoms with Crippen LogP contribution in [0.2, 0.25) is 0 Å². The summed E-state index contributed by atoms with van der Waals surface area (Å²) in [7, 11) is 0. The Labute approximate surface area is 137 Å². The van der Waals surface area contributed by atoms with E-state index in [0.717, 1.165) is 23.8 Å². The normalized spacial score (nSPS) is 11.5. The lowest BCUT2D eigenvalue weighted by Crippen LogP contribution is -2.18. The van der Waals surface area contributed by atoms with Gasteiger partial charge in [-0.3, -0.25) is 20.2 Å². The van der Waals surface area contributed by atoms with Gasteiger partial charge in [-0.25, -0.2) is 4.79 Å². The molecule has 2 aromatic carbocycles. The molecule has 0 bridgehead atoms. The lowest BCUT2D eigenvalue weighted by Gasteiger charge is -2.13. The van der Waals surface area contributed by atoms with Gasteiger partial charge in [-0.15, -0.1) is 0 Å².